The number of hydrogen-bond acceptors (Lipinski definition) is 4. The number of benzene rings is 1. The van der Waals surface area contributed by atoms with Crippen molar-refractivity contribution in [3.63, 3.8) is 0 Å². The predicted molar refractivity (Wildman–Crippen MR) is 99.2 cm³/mol. The molecule has 1 saturated heterocycles. The van der Waals surface area contributed by atoms with E-state index in [1.165, 1.54) is 11.8 Å². The fourth-order valence-corrected chi connectivity index (χ4v) is 4.57. The van der Waals surface area contributed by atoms with Crippen LogP contribution in [0, 0.1) is 0 Å². The minimum Gasteiger partial charge on any atom is -0.340 e. The number of piperidine rings is 1. The second-order valence-corrected chi connectivity index (χ2v) is 8.67. The van der Waals surface area contributed by atoms with E-state index in [4.69, 9.17) is 0 Å². The van der Waals surface area contributed by atoms with Crippen molar-refractivity contribution in [1.29, 1.82) is 0 Å². The molecule has 24 heavy (non-hydrogen) atoms. The molecule has 1 aliphatic rings. The molecule has 1 heterocycles. The Hall–Kier alpha value is -1.11. The summed E-state index contributed by atoms with van der Waals surface area (Å²) in [6.45, 7) is 3.63. The van der Waals surface area contributed by atoms with Gasteiger partial charge in [-0.25, -0.2) is 8.42 Å². The molecule has 1 N–H and O–H groups in total. The van der Waals surface area contributed by atoms with Gasteiger partial charge in [-0.2, -0.15) is 0 Å². The second kappa shape index (κ2) is 8.32. The Morgan fingerprint density at radius 1 is 1.17 bits per heavy atom. The molecule has 0 atom stereocenters. The zero-order valence-corrected chi connectivity index (χ0v) is 16.2. The number of sulfone groups is 1. The van der Waals surface area contributed by atoms with Crippen LogP contribution in [0.25, 0.3) is 0 Å². The third-order valence-electron chi connectivity index (χ3n) is 4.71. The summed E-state index contributed by atoms with van der Waals surface area (Å²) >= 11 is 0. The molecule has 0 radical (unpaired) electrons. The second-order valence-electron chi connectivity index (χ2n) is 6.35. The van der Waals surface area contributed by atoms with Crippen molar-refractivity contribution >= 4 is 28.2 Å². The Morgan fingerprint density at radius 2 is 1.67 bits per heavy atom. The lowest BCUT2D eigenvalue weighted by Crippen LogP contribution is -2.57. The highest BCUT2D eigenvalue weighted by Gasteiger charge is 2.49. The smallest absolute Gasteiger partial charge is 0.244 e. The van der Waals surface area contributed by atoms with Gasteiger partial charge in [0.15, 0.2) is 14.6 Å². The topological polar surface area (TPSA) is 66.5 Å². The van der Waals surface area contributed by atoms with Gasteiger partial charge in [0, 0.05) is 19.8 Å². The van der Waals surface area contributed by atoms with Crippen molar-refractivity contribution < 1.29 is 13.2 Å². The van der Waals surface area contributed by atoms with Gasteiger partial charge >= 0.3 is 0 Å². The molecular formula is C17H27ClN2O3S. The van der Waals surface area contributed by atoms with Gasteiger partial charge < -0.3 is 10.2 Å². The summed E-state index contributed by atoms with van der Waals surface area (Å²) in [5, 5.41) is 3.13. The molecule has 0 aliphatic carbocycles. The molecular weight excluding hydrogens is 348 g/mol. The van der Waals surface area contributed by atoms with E-state index in [-0.39, 0.29) is 18.3 Å². The number of carbonyl (C=O) groups is 1. The van der Waals surface area contributed by atoms with Crippen LogP contribution in [0.15, 0.2) is 24.3 Å². The molecule has 1 aliphatic heterocycles. The molecule has 0 spiro atoms. The van der Waals surface area contributed by atoms with Gasteiger partial charge in [0.05, 0.1) is 0 Å². The van der Waals surface area contributed by atoms with E-state index in [0.29, 0.717) is 32.5 Å². The number of hydrogen-bond donors (Lipinski definition) is 1. The maximum atomic E-state index is 12.9. The van der Waals surface area contributed by atoms with Gasteiger partial charge in [-0.1, -0.05) is 31.2 Å². The van der Waals surface area contributed by atoms with Crippen LogP contribution in [-0.2, 0) is 27.6 Å². The molecule has 0 saturated carbocycles. The lowest BCUT2D eigenvalue weighted by molar-refractivity contribution is -0.134. The third kappa shape index (κ3) is 4.29. The van der Waals surface area contributed by atoms with Crippen LogP contribution in [0.5, 0.6) is 0 Å². The lowest BCUT2D eigenvalue weighted by atomic mass is 9.95. The molecule has 1 aromatic carbocycles. The normalized spacial score (nSPS) is 17.0. The maximum absolute atomic E-state index is 12.9. The van der Waals surface area contributed by atoms with E-state index in [1.807, 2.05) is 24.3 Å². The average Bonchev–Trinajstić information content (AvgIpc) is 2.54. The quantitative estimate of drug-likeness (QED) is 0.853. The first-order chi connectivity index (χ1) is 10.8. The van der Waals surface area contributed by atoms with Crippen LogP contribution in [0.1, 0.15) is 30.9 Å². The van der Waals surface area contributed by atoms with Gasteiger partial charge in [-0.3, -0.25) is 4.79 Å². The largest absolute Gasteiger partial charge is 0.340 e. The number of carbonyl (C=O) groups excluding carboxylic acids is 1. The summed E-state index contributed by atoms with van der Waals surface area (Å²) < 4.78 is 23.3. The van der Waals surface area contributed by atoms with E-state index in [1.54, 1.807) is 11.9 Å². The number of aryl methyl sites for hydroxylation is 1. The lowest BCUT2D eigenvalue weighted by Gasteiger charge is -2.37. The molecule has 1 aromatic rings. The fourth-order valence-electron chi connectivity index (χ4n) is 3.15. The van der Waals surface area contributed by atoms with E-state index >= 15 is 0 Å². The van der Waals surface area contributed by atoms with Crippen molar-refractivity contribution in [3.8, 4) is 0 Å². The third-order valence-corrected chi connectivity index (χ3v) is 6.71. The number of halogens is 1. The number of nitrogens with one attached hydrogen (secondary N) is 1. The standard InChI is InChI=1S/C17H26N2O3S.ClH/c1-4-14-5-7-15(8-6-14)13-19(2)16(20)17(23(3,21)22)9-11-18-12-10-17;/h5-8,18H,4,9-13H2,1-3H3;1H. The Kier molecular flexibility index (Phi) is 7.25. The van der Waals surface area contributed by atoms with Crippen molar-refractivity contribution in [1.82, 2.24) is 10.2 Å². The molecule has 0 aromatic heterocycles. The summed E-state index contributed by atoms with van der Waals surface area (Å²) in [6, 6.07) is 8.09. The molecule has 7 heteroatoms. The van der Waals surface area contributed by atoms with Gasteiger partial charge in [-0.05, 0) is 43.5 Å². The van der Waals surface area contributed by atoms with Crippen LogP contribution >= 0.6 is 12.4 Å². The fraction of sp³-hybridized carbons (Fsp3) is 0.588. The van der Waals surface area contributed by atoms with Crippen molar-refractivity contribution in [3.05, 3.63) is 35.4 Å². The molecule has 1 fully saturated rings. The van der Waals surface area contributed by atoms with Crippen LogP contribution in [0.3, 0.4) is 0 Å². The predicted octanol–water partition coefficient (Wildman–Crippen LogP) is 1.80. The first kappa shape index (κ1) is 20.9. The molecule has 0 unspecified atom stereocenters. The molecule has 0 bridgehead atoms. The van der Waals surface area contributed by atoms with Gasteiger partial charge in [0.1, 0.15) is 0 Å². The summed E-state index contributed by atoms with van der Waals surface area (Å²) in [4.78, 5) is 14.5. The summed E-state index contributed by atoms with van der Waals surface area (Å²) in [6.07, 6.45) is 2.83. The maximum Gasteiger partial charge on any atom is 0.244 e. The van der Waals surface area contributed by atoms with Gasteiger partial charge in [0.25, 0.3) is 0 Å². The summed E-state index contributed by atoms with van der Waals surface area (Å²) in [5.74, 6) is -0.291. The van der Waals surface area contributed by atoms with Crippen LogP contribution in [0.4, 0.5) is 0 Å². The van der Waals surface area contributed by atoms with Crippen LogP contribution < -0.4 is 5.32 Å². The van der Waals surface area contributed by atoms with Gasteiger partial charge in [0.2, 0.25) is 5.91 Å². The highest BCUT2D eigenvalue weighted by molar-refractivity contribution is 7.92. The molecule has 2 rings (SSSR count). The molecule has 136 valence electrons. The Morgan fingerprint density at radius 3 is 2.12 bits per heavy atom. The SMILES string of the molecule is CCc1ccc(CN(C)C(=O)C2(S(C)(=O)=O)CCNCC2)cc1.Cl. The van der Waals surface area contributed by atoms with E-state index < -0.39 is 14.6 Å². The van der Waals surface area contributed by atoms with Crippen LogP contribution in [-0.4, -0.2) is 50.4 Å². The number of rotatable bonds is 5. The zero-order chi connectivity index (χ0) is 17.1. The summed E-state index contributed by atoms with van der Waals surface area (Å²) in [7, 11) is -1.78. The summed E-state index contributed by atoms with van der Waals surface area (Å²) in [5.41, 5.74) is 2.25. The van der Waals surface area contributed by atoms with Crippen molar-refractivity contribution in [2.24, 2.45) is 0 Å². The van der Waals surface area contributed by atoms with Crippen LogP contribution in [0.2, 0.25) is 0 Å². The highest BCUT2D eigenvalue weighted by atomic mass is 35.5. The van der Waals surface area contributed by atoms with E-state index in [2.05, 4.69) is 12.2 Å². The number of amides is 1. The zero-order valence-electron chi connectivity index (χ0n) is 14.5. The van der Waals surface area contributed by atoms with E-state index in [0.717, 1.165) is 12.0 Å². The van der Waals surface area contributed by atoms with Gasteiger partial charge in [-0.15, -0.1) is 12.4 Å². The Bertz CT molecular complexity index is 653. The first-order valence-electron chi connectivity index (χ1n) is 8.04. The van der Waals surface area contributed by atoms with Crippen molar-refractivity contribution in [2.45, 2.75) is 37.5 Å². The highest BCUT2D eigenvalue weighted by Crippen LogP contribution is 2.30. The Balaban J connectivity index is 0.00000288. The molecule has 5 nitrogen and oxygen atoms in total. The first-order valence-corrected chi connectivity index (χ1v) is 9.93. The average molecular weight is 375 g/mol. The van der Waals surface area contributed by atoms with E-state index in [9.17, 15) is 13.2 Å². The minimum absolute atomic E-state index is 0. The number of nitrogens with zero attached hydrogens (tertiary/aromatic N) is 1. The molecule has 1 amide bonds. The minimum atomic E-state index is -3.47. The monoisotopic (exact) mass is 374 g/mol. The van der Waals surface area contributed by atoms with Crippen molar-refractivity contribution in [2.75, 3.05) is 26.4 Å². The Labute approximate surface area is 151 Å².